The van der Waals surface area contributed by atoms with Gasteiger partial charge in [0.2, 0.25) is 5.91 Å². The Hall–Kier alpha value is -1.82. The summed E-state index contributed by atoms with van der Waals surface area (Å²) in [7, 11) is 0. The third-order valence-electron chi connectivity index (χ3n) is 5.64. The molecule has 2 amide bonds. The van der Waals surface area contributed by atoms with E-state index in [1.807, 2.05) is 6.92 Å². The van der Waals surface area contributed by atoms with Crippen molar-refractivity contribution >= 4 is 11.8 Å². The molecule has 1 aromatic rings. The molecular weight excluding hydrogens is 320 g/mol. The van der Waals surface area contributed by atoms with Gasteiger partial charge in [0, 0.05) is 25.0 Å². The number of amides is 2. The number of furan rings is 1. The van der Waals surface area contributed by atoms with Gasteiger partial charge in [0.05, 0.1) is 12.6 Å². The largest absolute Gasteiger partial charge is 0.454 e. The Morgan fingerprint density at radius 3 is 2.72 bits per heavy atom. The minimum atomic E-state index is -0.182. The van der Waals surface area contributed by atoms with Gasteiger partial charge in [0.25, 0.3) is 5.91 Å². The molecule has 0 unspecified atom stereocenters. The summed E-state index contributed by atoms with van der Waals surface area (Å²) in [4.78, 5) is 23.5. The summed E-state index contributed by atoms with van der Waals surface area (Å²) in [5.74, 6) is 0.566. The van der Waals surface area contributed by atoms with Crippen molar-refractivity contribution in [1.29, 1.82) is 0 Å². The van der Waals surface area contributed by atoms with Crippen LogP contribution in [0.25, 0.3) is 0 Å². The predicted molar refractivity (Wildman–Crippen MR) is 93.0 cm³/mol. The van der Waals surface area contributed by atoms with Crippen LogP contribution in [0.15, 0.2) is 16.5 Å². The zero-order valence-electron chi connectivity index (χ0n) is 15.1. The molecule has 2 saturated carbocycles. The lowest BCUT2D eigenvalue weighted by Gasteiger charge is -2.57. The number of carbonyl (C=O) groups is 2. The number of nitrogens with one attached hydrogen (secondary N) is 2. The average molecular weight is 348 g/mol. The second kappa shape index (κ2) is 7.60. The van der Waals surface area contributed by atoms with Crippen LogP contribution in [-0.4, -0.2) is 30.6 Å². The smallest absolute Gasteiger partial charge is 0.287 e. The monoisotopic (exact) mass is 348 g/mol. The van der Waals surface area contributed by atoms with Gasteiger partial charge in [-0.15, -0.1) is 0 Å². The van der Waals surface area contributed by atoms with Crippen LogP contribution in [0.2, 0.25) is 0 Å². The lowest BCUT2D eigenvalue weighted by atomic mass is 9.55. The Kier molecular flexibility index (Phi) is 5.47. The first kappa shape index (κ1) is 18.0. The SMILES string of the molecule is CCO[C@H]1C[C@H](NC(=O)c2ccc(CNC(C)=O)o2)C12CCCCC2. The molecule has 0 aliphatic heterocycles. The van der Waals surface area contributed by atoms with Crippen LogP contribution in [0, 0.1) is 5.41 Å². The van der Waals surface area contributed by atoms with E-state index in [1.165, 1.54) is 26.2 Å². The third-order valence-corrected chi connectivity index (χ3v) is 5.64. The van der Waals surface area contributed by atoms with E-state index in [0.29, 0.717) is 18.1 Å². The Morgan fingerprint density at radius 1 is 1.28 bits per heavy atom. The first-order valence-electron chi connectivity index (χ1n) is 9.31. The molecule has 2 aliphatic rings. The van der Waals surface area contributed by atoms with Gasteiger partial charge in [0.1, 0.15) is 5.76 Å². The Bertz CT molecular complexity index is 619. The average Bonchev–Trinajstić information content (AvgIpc) is 3.09. The van der Waals surface area contributed by atoms with Crippen LogP contribution in [0.1, 0.15) is 68.7 Å². The van der Waals surface area contributed by atoms with Crippen LogP contribution in [0.5, 0.6) is 0 Å². The van der Waals surface area contributed by atoms with Crippen molar-refractivity contribution in [2.45, 2.75) is 71.1 Å². The molecule has 1 aromatic heterocycles. The third kappa shape index (κ3) is 3.73. The van der Waals surface area contributed by atoms with Gasteiger partial charge in [-0.25, -0.2) is 0 Å². The van der Waals surface area contributed by atoms with Gasteiger partial charge >= 0.3 is 0 Å². The molecule has 0 aromatic carbocycles. The van der Waals surface area contributed by atoms with Gasteiger partial charge in [-0.3, -0.25) is 9.59 Å². The van der Waals surface area contributed by atoms with Crippen molar-refractivity contribution in [1.82, 2.24) is 10.6 Å². The summed E-state index contributed by atoms with van der Waals surface area (Å²) >= 11 is 0. The van der Waals surface area contributed by atoms with Crippen LogP contribution in [0.3, 0.4) is 0 Å². The molecular formula is C19H28N2O4. The van der Waals surface area contributed by atoms with Crippen LogP contribution in [-0.2, 0) is 16.1 Å². The minimum absolute atomic E-state index is 0.0928. The highest BCUT2D eigenvalue weighted by molar-refractivity contribution is 5.91. The molecule has 3 rings (SSSR count). The van der Waals surface area contributed by atoms with E-state index in [1.54, 1.807) is 12.1 Å². The number of ether oxygens (including phenoxy) is 1. The molecule has 0 radical (unpaired) electrons. The van der Waals surface area contributed by atoms with Gasteiger partial charge in [-0.05, 0) is 38.3 Å². The van der Waals surface area contributed by atoms with Crippen molar-refractivity contribution in [3.63, 3.8) is 0 Å². The highest BCUT2D eigenvalue weighted by atomic mass is 16.5. The molecule has 1 heterocycles. The van der Waals surface area contributed by atoms with E-state index in [9.17, 15) is 9.59 Å². The molecule has 25 heavy (non-hydrogen) atoms. The maximum atomic E-state index is 12.6. The molecule has 0 bridgehead atoms. The van der Waals surface area contributed by atoms with Crippen LogP contribution in [0.4, 0.5) is 0 Å². The van der Waals surface area contributed by atoms with E-state index in [0.717, 1.165) is 25.9 Å². The number of hydrogen-bond donors (Lipinski definition) is 2. The van der Waals surface area contributed by atoms with Crippen LogP contribution >= 0.6 is 0 Å². The highest BCUT2D eigenvalue weighted by Crippen LogP contribution is 2.53. The van der Waals surface area contributed by atoms with Gasteiger partial charge in [-0.1, -0.05) is 19.3 Å². The first-order chi connectivity index (χ1) is 12.0. The van der Waals surface area contributed by atoms with E-state index < -0.39 is 0 Å². The van der Waals surface area contributed by atoms with Crippen molar-refractivity contribution in [2.75, 3.05) is 6.61 Å². The summed E-state index contributed by atoms with van der Waals surface area (Å²) in [5.41, 5.74) is 0.0928. The normalized spacial score (nSPS) is 24.6. The molecule has 1 spiro atoms. The second-order valence-corrected chi connectivity index (χ2v) is 7.18. The summed E-state index contributed by atoms with van der Waals surface area (Å²) in [6.45, 7) is 4.49. The standard InChI is InChI=1S/C19H28N2O4/c1-3-24-17-11-16(19(17)9-5-4-6-10-19)21-18(23)15-8-7-14(25-15)12-20-13(2)22/h7-8,16-17H,3-6,9-12H2,1-2H3,(H,20,22)(H,21,23)/t16-,17-/m0/s1. The molecule has 2 fully saturated rings. The van der Waals surface area contributed by atoms with E-state index in [2.05, 4.69) is 10.6 Å². The number of carbonyl (C=O) groups excluding carboxylic acids is 2. The van der Waals surface area contributed by atoms with Crippen molar-refractivity contribution in [3.8, 4) is 0 Å². The zero-order chi connectivity index (χ0) is 17.9. The number of hydrogen-bond acceptors (Lipinski definition) is 4. The Labute approximate surface area is 148 Å². The van der Waals surface area contributed by atoms with E-state index in [4.69, 9.17) is 9.15 Å². The molecule has 6 nitrogen and oxygen atoms in total. The van der Waals surface area contributed by atoms with Crippen molar-refractivity contribution in [2.24, 2.45) is 5.41 Å². The topological polar surface area (TPSA) is 80.6 Å². The van der Waals surface area contributed by atoms with Crippen molar-refractivity contribution < 1.29 is 18.7 Å². The highest BCUT2D eigenvalue weighted by Gasteiger charge is 2.56. The summed E-state index contributed by atoms with van der Waals surface area (Å²) in [6, 6.07) is 3.55. The quantitative estimate of drug-likeness (QED) is 0.828. The van der Waals surface area contributed by atoms with Gasteiger partial charge in [-0.2, -0.15) is 0 Å². The maximum absolute atomic E-state index is 12.6. The molecule has 138 valence electrons. The maximum Gasteiger partial charge on any atom is 0.287 e. The Morgan fingerprint density at radius 2 is 2.04 bits per heavy atom. The van der Waals surface area contributed by atoms with Gasteiger partial charge < -0.3 is 19.8 Å². The fourth-order valence-electron chi connectivity index (χ4n) is 4.30. The van der Waals surface area contributed by atoms with E-state index in [-0.39, 0.29) is 29.4 Å². The van der Waals surface area contributed by atoms with Crippen molar-refractivity contribution in [3.05, 3.63) is 23.7 Å². The summed E-state index contributed by atoms with van der Waals surface area (Å²) in [5, 5.41) is 5.82. The van der Waals surface area contributed by atoms with E-state index >= 15 is 0 Å². The zero-order valence-corrected chi connectivity index (χ0v) is 15.1. The fraction of sp³-hybridized carbons (Fsp3) is 0.684. The molecule has 2 atom stereocenters. The second-order valence-electron chi connectivity index (χ2n) is 7.18. The number of rotatable bonds is 6. The molecule has 0 saturated heterocycles. The van der Waals surface area contributed by atoms with Gasteiger partial charge in [0.15, 0.2) is 5.76 Å². The summed E-state index contributed by atoms with van der Waals surface area (Å²) < 4.78 is 11.5. The minimum Gasteiger partial charge on any atom is -0.454 e. The molecule has 2 aliphatic carbocycles. The predicted octanol–water partition coefficient (Wildman–Crippen LogP) is 2.77. The lowest BCUT2D eigenvalue weighted by molar-refractivity contribution is -0.147. The molecule has 2 N–H and O–H groups in total. The summed E-state index contributed by atoms with van der Waals surface area (Å²) in [6.07, 6.45) is 7.05. The lowest BCUT2D eigenvalue weighted by Crippen LogP contribution is -2.65. The molecule has 6 heteroatoms. The fourth-order valence-corrected chi connectivity index (χ4v) is 4.30. The van der Waals surface area contributed by atoms with Crippen LogP contribution < -0.4 is 10.6 Å². The Balaban J connectivity index is 1.61. The first-order valence-corrected chi connectivity index (χ1v) is 9.31.